The first-order chi connectivity index (χ1) is 9.31. The molecule has 0 unspecified atom stereocenters. The largest absolute Gasteiger partial charge is 0.507 e. The number of phenolic OH excluding ortho intramolecular Hbond substituents is 1. The Morgan fingerprint density at radius 3 is 2.50 bits per heavy atom. The SMILES string of the molecule is CC(=O)N[C@@H](CSC(=O)c1ccc(C)cc1O)C(=O)O. The molecule has 0 bridgehead atoms. The molecule has 0 aliphatic heterocycles. The average Bonchev–Trinajstić information content (AvgIpc) is 2.33. The standard InChI is InChI=1S/C13H15NO5S/c1-7-3-4-9(11(16)5-7)13(19)20-6-10(12(17)18)14-8(2)15/h3-5,10,16H,6H2,1-2H3,(H,14,15)(H,17,18)/t10-/m0/s1. The number of carbonyl (C=O) groups excluding carboxylic acids is 2. The van der Waals surface area contributed by atoms with Gasteiger partial charge in [-0.15, -0.1) is 0 Å². The molecule has 0 saturated heterocycles. The lowest BCUT2D eigenvalue weighted by molar-refractivity contribution is -0.140. The molecule has 1 rings (SSSR count). The molecule has 7 heteroatoms. The summed E-state index contributed by atoms with van der Waals surface area (Å²) in [5.74, 6) is -1.95. The maximum atomic E-state index is 11.9. The van der Waals surface area contributed by atoms with Crippen LogP contribution >= 0.6 is 11.8 Å². The summed E-state index contributed by atoms with van der Waals surface area (Å²) in [4.78, 5) is 33.7. The molecule has 1 aromatic rings. The van der Waals surface area contributed by atoms with Gasteiger partial charge >= 0.3 is 5.97 Å². The van der Waals surface area contributed by atoms with Crippen molar-refractivity contribution in [1.82, 2.24) is 5.32 Å². The van der Waals surface area contributed by atoms with Crippen molar-refractivity contribution in [2.45, 2.75) is 19.9 Å². The number of hydrogen-bond donors (Lipinski definition) is 3. The number of nitrogens with one attached hydrogen (secondary N) is 1. The minimum Gasteiger partial charge on any atom is -0.507 e. The molecule has 0 aliphatic carbocycles. The van der Waals surface area contributed by atoms with Gasteiger partial charge in [0.05, 0.1) is 5.56 Å². The van der Waals surface area contributed by atoms with Gasteiger partial charge in [-0.1, -0.05) is 17.8 Å². The van der Waals surface area contributed by atoms with E-state index in [9.17, 15) is 19.5 Å². The fraction of sp³-hybridized carbons (Fsp3) is 0.308. The fourth-order valence-corrected chi connectivity index (χ4v) is 2.34. The molecule has 0 saturated carbocycles. The molecule has 0 aliphatic rings. The Morgan fingerprint density at radius 2 is 2.00 bits per heavy atom. The smallest absolute Gasteiger partial charge is 0.327 e. The van der Waals surface area contributed by atoms with Crippen molar-refractivity contribution >= 4 is 28.8 Å². The number of thioether (sulfide) groups is 1. The van der Waals surface area contributed by atoms with Gasteiger partial charge in [-0.05, 0) is 24.6 Å². The van der Waals surface area contributed by atoms with Gasteiger partial charge in [-0.3, -0.25) is 9.59 Å². The van der Waals surface area contributed by atoms with Crippen LogP contribution in [-0.4, -0.2) is 39.0 Å². The number of aromatic hydroxyl groups is 1. The summed E-state index contributed by atoms with van der Waals surface area (Å²) < 4.78 is 0. The van der Waals surface area contributed by atoms with E-state index in [1.165, 1.54) is 19.1 Å². The van der Waals surface area contributed by atoms with Crippen molar-refractivity contribution < 1.29 is 24.6 Å². The van der Waals surface area contributed by atoms with Gasteiger partial charge in [0, 0.05) is 12.7 Å². The maximum absolute atomic E-state index is 11.9. The highest BCUT2D eigenvalue weighted by atomic mass is 32.2. The van der Waals surface area contributed by atoms with E-state index < -0.39 is 23.0 Å². The van der Waals surface area contributed by atoms with E-state index in [2.05, 4.69) is 5.32 Å². The molecule has 3 N–H and O–H groups in total. The fourth-order valence-electron chi connectivity index (χ4n) is 1.47. The Hall–Kier alpha value is -2.02. The highest BCUT2D eigenvalue weighted by Gasteiger charge is 2.21. The summed E-state index contributed by atoms with van der Waals surface area (Å²) in [7, 11) is 0. The molecule has 0 fully saturated rings. The van der Waals surface area contributed by atoms with Crippen LogP contribution in [0.3, 0.4) is 0 Å². The first kappa shape index (κ1) is 16.0. The summed E-state index contributed by atoms with van der Waals surface area (Å²) in [5.41, 5.74) is 0.929. The second-order valence-electron chi connectivity index (χ2n) is 4.21. The number of carboxylic acids is 1. The molecule has 0 spiro atoms. The number of phenols is 1. The molecular weight excluding hydrogens is 282 g/mol. The number of benzene rings is 1. The third-order valence-corrected chi connectivity index (χ3v) is 3.41. The zero-order chi connectivity index (χ0) is 15.3. The monoisotopic (exact) mass is 297 g/mol. The zero-order valence-electron chi connectivity index (χ0n) is 11.0. The lowest BCUT2D eigenvalue weighted by Crippen LogP contribution is -2.41. The van der Waals surface area contributed by atoms with E-state index in [4.69, 9.17) is 5.11 Å². The van der Waals surface area contributed by atoms with Gasteiger partial charge < -0.3 is 15.5 Å². The Bertz CT molecular complexity index is 544. The first-order valence-electron chi connectivity index (χ1n) is 5.78. The number of aliphatic carboxylic acids is 1. The first-order valence-corrected chi connectivity index (χ1v) is 6.76. The molecule has 1 atom stereocenters. The quantitative estimate of drug-likeness (QED) is 0.753. The summed E-state index contributed by atoms with van der Waals surface area (Å²) in [6, 6.07) is 3.47. The Morgan fingerprint density at radius 1 is 1.35 bits per heavy atom. The molecule has 20 heavy (non-hydrogen) atoms. The minimum absolute atomic E-state index is 0.110. The maximum Gasteiger partial charge on any atom is 0.327 e. The average molecular weight is 297 g/mol. The van der Waals surface area contributed by atoms with Crippen LogP contribution in [0, 0.1) is 6.92 Å². The number of amides is 1. The Balaban J connectivity index is 2.70. The predicted molar refractivity (Wildman–Crippen MR) is 74.9 cm³/mol. The number of aryl methyl sites for hydroxylation is 1. The second kappa shape index (κ2) is 6.95. The number of carbonyl (C=O) groups is 3. The van der Waals surface area contributed by atoms with Crippen LogP contribution in [0.5, 0.6) is 5.75 Å². The summed E-state index contributed by atoms with van der Waals surface area (Å²) in [5, 5.41) is 20.4. The molecule has 6 nitrogen and oxygen atoms in total. The third kappa shape index (κ3) is 4.58. The van der Waals surface area contributed by atoms with E-state index >= 15 is 0 Å². The molecule has 0 aromatic heterocycles. The number of carboxylic acid groups (broad SMARTS) is 1. The van der Waals surface area contributed by atoms with Gasteiger partial charge in [-0.2, -0.15) is 0 Å². The van der Waals surface area contributed by atoms with Gasteiger partial charge in [0.25, 0.3) is 0 Å². The lowest BCUT2D eigenvalue weighted by atomic mass is 10.1. The van der Waals surface area contributed by atoms with Crippen LogP contribution < -0.4 is 5.32 Å². The molecule has 0 radical (unpaired) electrons. The van der Waals surface area contributed by atoms with Crippen LogP contribution in [0.4, 0.5) is 0 Å². The lowest BCUT2D eigenvalue weighted by Gasteiger charge is -2.12. The highest BCUT2D eigenvalue weighted by molar-refractivity contribution is 8.14. The van der Waals surface area contributed by atoms with E-state index in [1.807, 2.05) is 0 Å². The predicted octanol–water partition coefficient (Wildman–Crippen LogP) is 1.16. The topological polar surface area (TPSA) is 104 Å². The second-order valence-corrected chi connectivity index (χ2v) is 5.20. The van der Waals surface area contributed by atoms with Crippen molar-refractivity contribution in [3.8, 4) is 5.75 Å². The van der Waals surface area contributed by atoms with Crippen LogP contribution in [0.25, 0.3) is 0 Å². The summed E-state index contributed by atoms with van der Waals surface area (Å²) in [6.45, 7) is 2.98. The van der Waals surface area contributed by atoms with E-state index in [0.29, 0.717) is 0 Å². The third-order valence-electron chi connectivity index (χ3n) is 2.43. The molecule has 1 amide bonds. The van der Waals surface area contributed by atoms with Crippen LogP contribution in [-0.2, 0) is 9.59 Å². The van der Waals surface area contributed by atoms with E-state index in [1.54, 1.807) is 13.0 Å². The van der Waals surface area contributed by atoms with E-state index in [-0.39, 0.29) is 17.1 Å². The van der Waals surface area contributed by atoms with Gasteiger partial charge in [0.2, 0.25) is 11.0 Å². The number of hydrogen-bond acceptors (Lipinski definition) is 5. The van der Waals surface area contributed by atoms with Crippen LogP contribution in [0.1, 0.15) is 22.8 Å². The highest BCUT2D eigenvalue weighted by Crippen LogP contribution is 2.23. The summed E-state index contributed by atoms with van der Waals surface area (Å²) in [6.07, 6.45) is 0. The molecular formula is C13H15NO5S. The van der Waals surface area contributed by atoms with Crippen molar-refractivity contribution in [2.24, 2.45) is 0 Å². The van der Waals surface area contributed by atoms with Crippen LogP contribution in [0.15, 0.2) is 18.2 Å². The molecule has 0 heterocycles. The van der Waals surface area contributed by atoms with Crippen molar-refractivity contribution in [2.75, 3.05) is 5.75 Å². The van der Waals surface area contributed by atoms with Crippen LogP contribution in [0.2, 0.25) is 0 Å². The minimum atomic E-state index is -1.21. The Kier molecular flexibility index (Phi) is 5.57. The number of rotatable bonds is 5. The van der Waals surface area contributed by atoms with Crippen molar-refractivity contribution in [3.63, 3.8) is 0 Å². The van der Waals surface area contributed by atoms with Crippen molar-refractivity contribution in [1.29, 1.82) is 0 Å². The summed E-state index contributed by atoms with van der Waals surface area (Å²) >= 11 is 0.733. The normalized spacial score (nSPS) is 11.7. The van der Waals surface area contributed by atoms with Gasteiger partial charge in [0.1, 0.15) is 11.8 Å². The molecule has 1 aromatic carbocycles. The zero-order valence-corrected chi connectivity index (χ0v) is 11.9. The van der Waals surface area contributed by atoms with Gasteiger partial charge in [-0.25, -0.2) is 4.79 Å². The van der Waals surface area contributed by atoms with Crippen molar-refractivity contribution in [3.05, 3.63) is 29.3 Å². The van der Waals surface area contributed by atoms with Gasteiger partial charge in [0.15, 0.2) is 0 Å². The van der Waals surface area contributed by atoms with E-state index in [0.717, 1.165) is 17.3 Å². The molecule has 108 valence electrons. The Labute approximate surface area is 120 Å².